The molecule has 3 aromatic rings. The maximum absolute atomic E-state index is 12.0. The molecule has 0 aliphatic rings. The molecule has 3 rings (SSSR count). The molecule has 1 aromatic heterocycles. The molecule has 6 heteroatoms. The van der Waals surface area contributed by atoms with E-state index in [2.05, 4.69) is 52.5 Å². The van der Waals surface area contributed by atoms with E-state index in [-0.39, 0.29) is 5.91 Å². The van der Waals surface area contributed by atoms with Gasteiger partial charge in [-0.05, 0) is 43.7 Å². The molecular formula is C22H25N3O3. The highest BCUT2D eigenvalue weighted by Gasteiger charge is 2.09. The average molecular weight is 379 g/mol. The van der Waals surface area contributed by atoms with E-state index in [0.29, 0.717) is 19.7 Å². The summed E-state index contributed by atoms with van der Waals surface area (Å²) in [7, 11) is 0. The highest BCUT2D eigenvalue weighted by molar-refractivity contribution is 6.08. The van der Waals surface area contributed by atoms with E-state index in [1.54, 1.807) is 13.0 Å². The van der Waals surface area contributed by atoms with E-state index in [1.807, 2.05) is 12.1 Å². The van der Waals surface area contributed by atoms with Crippen molar-refractivity contribution in [3.8, 4) is 0 Å². The Hall–Kier alpha value is -3.28. The highest BCUT2D eigenvalue weighted by Crippen LogP contribution is 2.29. The summed E-state index contributed by atoms with van der Waals surface area (Å²) >= 11 is 0. The lowest BCUT2D eigenvalue weighted by molar-refractivity contribution is -0.116. The van der Waals surface area contributed by atoms with E-state index >= 15 is 0 Å². The van der Waals surface area contributed by atoms with Crippen LogP contribution in [0.2, 0.25) is 0 Å². The Morgan fingerprint density at radius 1 is 1.00 bits per heavy atom. The van der Waals surface area contributed by atoms with Gasteiger partial charge >= 0.3 is 6.09 Å². The van der Waals surface area contributed by atoms with E-state index in [4.69, 9.17) is 4.74 Å². The van der Waals surface area contributed by atoms with Gasteiger partial charge in [0, 0.05) is 47.5 Å². The molecule has 0 unspecified atom stereocenters. The minimum absolute atomic E-state index is 0.207. The number of rotatable bonds is 7. The van der Waals surface area contributed by atoms with Gasteiger partial charge in [0.2, 0.25) is 5.91 Å². The van der Waals surface area contributed by atoms with Crippen molar-refractivity contribution in [2.45, 2.75) is 20.4 Å². The number of nitrogens with one attached hydrogen (secondary N) is 2. The molecule has 0 aliphatic carbocycles. The van der Waals surface area contributed by atoms with Gasteiger partial charge in [-0.25, -0.2) is 4.79 Å². The Kier molecular flexibility index (Phi) is 6.32. The fourth-order valence-corrected chi connectivity index (χ4v) is 3.28. The Morgan fingerprint density at radius 3 is 2.54 bits per heavy atom. The molecule has 0 spiro atoms. The van der Waals surface area contributed by atoms with Crippen LogP contribution in [0.5, 0.6) is 0 Å². The van der Waals surface area contributed by atoms with Gasteiger partial charge in [-0.2, -0.15) is 0 Å². The lowest BCUT2D eigenvalue weighted by atomic mass is 10.1. The summed E-state index contributed by atoms with van der Waals surface area (Å²) in [4.78, 5) is 23.1. The zero-order valence-electron chi connectivity index (χ0n) is 16.2. The van der Waals surface area contributed by atoms with Crippen LogP contribution in [-0.4, -0.2) is 36.3 Å². The van der Waals surface area contributed by atoms with E-state index < -0.39 is 6.09 Å². The quantitative estimate of drug-likeness (QED) is 0.486. The number of aryl methyl sites for hydroxylation is 1. The van der Waals surface area contributed by atoms with Crippen molar-refractivity contribution in [3.63, 3.8) is 0 Å². The molecule has 2 aromatic carbocycles. The molecule has 0 aliphatic heterocycles. The van der Waals surface area contributed by atoms with Gasteiger partial charge in [-0.1, -0.05) is 24.3 Å². The van der Waals surface area contributed by atoms with Crippen LogP contribution in [0, 0.1) is 0 Å². The third kappa shape index (κ3) is 4.34. The number of ether oxygens (including phenoxy) is 1. The number of hydrogen-bond acceptors (Lipinski definition) is 3. The first-order valence-corrected chi connectivity index (χ1v) is 9.51. The van der Waals surface area contributed by atoms with Crippen LogP contribution in [-0.2, 0) is 16.1 Å². The number of para-hydroxylation sites is 1. The normalized spacial score (nSPS) is 11.2. The maximum Gasteiger partial charge on any atom is 0.407 e. The van der Waals surface area contributed by atoms with E-state index in [1.165, 1.54) is 27.9 Å². The first kappa shape index (κ1) is 19.5. The van der Waals surface area contributed by atoms with Crippen LogP contribution in [0.4, 0.5) is 4.79 Å². The molecule has 0 fully saturated rings. The molecule has 2 amide bonds. The topological polar surface area (TPSA) is 72.4 Å². The summed E-state index contributed by atoms with van der Waals surface area (Å²) in [5, 5.41) is 7.68. The first-order valence-electron chi connectivity index (χ1n) is 9.51. The molecule has 6 nitrogen and oxygen atoms in total. The lowest BCUT2D eigenvalue weighted by Gasteiger charge is -2.05. The molecule has 0 saturated carbocycles. The van der Waals surface area contributed by atoms with Crippen molar-refractivity contribution < 1.29 is 14.3 Å². The zero-order chi connectivity index (χ0) is 19.9. The van der Waals surface area contributed by atoms with Gasteiger partial charge in [-0.3, -0.25) is 4.79 Å². The largest absolute Gasteiger partial charge is 0.450 e. The Balaban J connectivity index is 1.66. The molecule has 2 N–H and O–H groups in total. The fourth-order valence-electron chi connectivity index (χ4n) is 3.28. The van der Waals surface area contributed by atoms with Crippen molar-refractivity contribution in [2.24, 2.45) is 0 Å². The van der Waals surface area contributed by atoms with Gasteiger partial charge in [-0.15, -0.1) is 0 Å². The molecular weight excluding hydrogens is 354 g/mol. The van der Waals surface area contributed by atoms with Crippen molar-refractivity contribution in [3.05, 3.63) is 54.1 Å². The van der Waals surface area contributed by atoms with Crippen LogP contribution in [0.15, 0.2) is 48.5 Å². The van der Waals surface area contributed by atoms with Crippen LogP contribution in [0.1, 0.15) is 19.4 Å². The highest BCUT2D eigenvalue weighted by atomic mass is 16.5. The Morgan fingerprint density at radius 2 is 1.75 bits per heavy atom. The first-order chi connectivity index (χ1) is 13.6. The summed E-state index contributed by atoms with van der Waals surface area (Å²) in [5.41, 5.74) is 3.37. The van der Waals surface area contributed by atoms with Gasteiger partial charge < -0.3 is 19.9 Å². The molecule has 0 atom stereocenters. The van der Waals surface area contributed by atoms with Crippen LogP contribution in [0.25, 0.3) is 27.9 Å². The average Bonchev–Trinajstić information content (AvgIpc) is 3.03. The molecule has 28 heavy (non-hydrogen) atoms. The van der Waals surface area contributed by atoms with Crippen molar-refractivity contribution in [1.29, 1.82) is 0 Å². The molecule has 0 radical (unpaired) electrons. The second-order valence-electron chi connectivity index (χ2n) is 6.31. The minimum atomic E-state index is -0.480. The number of hydrogen-bond donors (Lipinski definition) is 2. The summed E-state index contributed by atoms with van der Waals surface area (Å²) in [6.07, 6.45) is 2.82. The van der Waals surface area contributed by atoms with Gasteiger partial charge in [0.25, 0.3) is 0 Å². The summed E-state index contributed by atoms with van der Waals surface area (Å²) in [6, 6.07) is 14.6. The monoisotopic (exact) mass is 379 g/mol. The standard InChI is InChI=1S/C22H25N3O3/c1-3-25-19-8-6-5-7-17(19)18-15-16(9-11-20(18)25)10-12-21(26)23-13-14-24-22(27)28-4-2/h5-12,15H,3-4,13-14H2,1-2H3,(H,23,26)(H,24,27)/b12-10+. The minimum Gasteiger partial charge on any atom is -0.450 e. The Bertz CT molecular complexity index is 1020. The number of aromatic nitrogens is 1. The molecule has 1 heterocycles. The number of carbonyl (C=O) groups excluding carboxylic acids is 2. The van der Waals surface area contributed by atoms with Crippen molar-refractivity contribution in [1.82, 2.24) is 15.2 Å². The summed E-state index contributed by atoms with van der Waals surface area (Å²) in [6.45, 7) is 5.76. The third-order valence-electron chi connectivity index (χ3n) is 4.51. The van der Waals surface area contributed by atoms with Crippen LogP contribution in [0.3, 0.4) is 0 Å². The van der Waals surface area contributed by atoms with Crippen LogP contribution < -0.4 is 10.6 Å². The van der Waals surface area contributed by atoms with Crippen LogP contribution >= 0.6 is 0 Å². The predicted molar refractivity (Wildman–Crippen MR) is 112 cm³/mol. The van der Waals surface area contributed by atoms with Gasteiger partial charge in [0.1, 0.15) is 0 Å². The number of alkyl carbamates (subject to hydrolysis) is 1. The number of fused-ring (bicyclic) bond motifs is 3. The second-order valence-corrected chi connectivity index (χ2v) is 6.31. The third-order valence-corrected chi connectivity index (χ3v) is 4.51. The van der Waals surface area contributed by atoms with E-state index in [0.717, 1.165) is 12.1 Å². The number of benzene rings is 2. The van der Waals surface area contributed by atoms with Gasteiger partial charge in [0.15, 0.2) is 0 Å². The maximum atomic E-state index is 12.0. The lowest BCUT2D eigenvalue weighted by Crippen LogP contribution is -2.34. The molecule has 146 valence electrons. The van der Waals surface area contributed by atoms with Gasteiger partial charge in [0.05, 0.1) is 6.61 Å². The number of amides is 2. The molecule has 0 saturated heterocycles. The fraction of sp³-hybridized carbons (Fsp3) is 0.273. The van der Waals surface area contributed by atoms with Crippen molar-refractivity contribution >= 4 is 39.9 Å². The summed E-state index contributed by atoms with van der Waals surface area (Å²) < 4.78 is 7.04. The van der Waals surface area contributed by atoms with Crippen molar-refractivity contribution in [2.75, 3.05) is 19.7 Å². The van der Waals surface area contributed by atoms with E-state index in [9.17, 15) is 9.59 Å². The number of nitrogens with zero attached hydrogens (tertiary/aromatic N) is 1. The second kappa shape index (κ2) is 9.08. The SMILES string of the molecule is CCOC(=O)NCCNC(=O)/C=C/c1ccc2c(c1)c1ccccc1n2CC. The number of carbonyl (C=O) groups is 2. The zero-order valence-corrected chi connectivity index (χ0v) is 16.2. The predicted octanol–water partition coefficient (Wildman–Crippen LogP) is 3.69. The summed E-state index contributed by atoms with van der Waals surface area (Å²) in [5.74, 6) is -0.207. The Labute approximate surface area is 164 Å². The smallest absolute Gasteiger partial charge is 0.407 e. The molecule has 0 bridgehead atoms.